The number of hydrogen-bond acceptors (Lipinski definition) is 7. The molecule has 3 heterocycles. The lowest BCUT2D eigenvalue weighted by molar-refractivity contribution is -0.149. The Morgan fingerprint density at radius 1 is 0.946 bits per heavy atom. The quantitative estimate of drug-likeness (QED) is 0.434. The van der Waals surface area contributed by atoms with Gasteiger partial charge in [0.25, 0.3) is 5.91 Å². The van der Waals surface area contributed by atoms with Gasteiger partial charge in [-0.25, -0.2) is 0 Å². The van der Waals surface area contributed by atoms with E-state index in [1.54, 1.807) is 11.8 Å². The minimum absolute atomic E-state index is 0.200. The van der Waals surface area contributed by atoms with Gasteiger partial charge in [0.1, 0.15) is 0 Å². The van der Waals surface area contributed by atoms with Gasteiger partial charge < -0.3 is 19.4 Å². The van der Waals surface area contributed by atoms with Crippen LogP contribution in [-0.4, -0.2) is 72.8 Å². The highest BCUT2D eigenvalue weighted by Gasteiger charge is 2.32. The number of likely N-dealkylation sites (tertiary alicyclic amines) is 1. The fourth-order valence-corrected chi connectivity index (χ4v) is 5.40. The van der Waals surface area contributed by atoms with Crippen LogP contribution in [-0.2, 0) is 9.53 Å². The molecule has 2 aromatic carbocycles. The fraction of sp³-hybridized carbons (Fsp3) is 0.407. The van der Waals surface area contributed by atoms with E-state index in [4.69, 9.17) is 27.9 Å². The molecule has 1 aromatic heterocycles. The summed E-state index contributed by atoms with van der Waals surface area (Å²) in [7, 11) is 0. The van der Waals surface area contributed by atoms with Crippen molar-refractivity contribution in [2.45, 2.75) is 19.8 Å². The van der Waals surface area contributed by atoms with Crippen molar-refractivity contribution in [1.82, 2.24) is 15.1 Å². The van der Waals surface area contributed by atoms with E-state index in [2.05, 4.69) is 20.0 Å². The number of piperidine rings is 1. The van der Waals surface area contributed by atoms with Crippen molar-refractivity contribution >= 4 is 57.4 Å². The number of halogens is 2. The third-order valence-electron chi connectivity index (χ3n) is 7.05. The Balaban J connectivity index is 1.35. The third kappa shape index (κ3) is 5.31. The standard InChI is InChI=1S/C27H29Cl2N5O3/c1-2-37-27(36)18-6-5-11-34(17-18)26(35)24-20-7-3-4-8-21(20)25(31-30-24)33-14-12-32(13-15-33)19-9-10-22(28)23(29)16-19/h3-4,7-10,16,18H,2,5-6,11-15,17H2,1H3/t18-/m0/s1. The normalized spacial score (nSPS) is 18.2. The van der Waals surface area contributed by atoms with E-state index < -0.39 is 0 Å². The van der Waals surface area contributed by atoms with E-state index in [1.165, 1.54) is 0 Å². The Morgan fingerprint density at radius 3 is 2.41 bits per heavy atom. The molecule has 0 N–H and O–H groups in total. The number of carbonyl (C=O) groups is 2. The lowest BCUT2D eigenvalue weighted by atomic mass is 9.97. The lowest BCUT2D eigenvalue weighted by Crippen LogP contribution is -2.47. The first-order chi connectivity index (χ1) is 18.0. The number of piperazine rings is 1. The number of hydrogen-bond donors (Lipinski definition) is 0. The molecule has 0 unspecified atom stereocenters. The van der Waals surface area contributed by atoms with E-state index in [1.807, 2.05) is 42.5 Å². The highest BCUT2D eigenvalue weighted by atomic mass is 35.5. The summed E-state index contributed by atoms with van der Waals surface area (Å²) in [6.45, 7) is 6.13. The van der Waals surface area contributed by atoms with Crippen molar-refractivity contribution in [2.75, 3.05) is 55.7 Å². The molecule has 0 aliphatic carbocycles. The molecular weight excluding hydrogens is 513 g/mol. The first-order valence-electron chi connectivity index (χ1n) is 12.6. The molecular formula is C27H29Cl2N5O3. The van der Waals surface area contributed by atoms with Gasteiger partial charge in [0.2, 0.25) is 0 Å². The van der Waals surface area contributed by atoms with E-state index >= 15 is 0 Å². The maximum Gasteiger partial charge on any atom is 0.310 e. The lowest BCUT2D eigenvalue weighted by Gasteiger charge is -2.37. The first kappa shape index (κ1) is 25.5. The molecule has 3 aromatic rings. The fourth-order valence-electron chi connectivity index (χ4n) is 5.10. The second kappa shape index (κ2) is 11.1. The van der Waals surface area contributed by atoms with Crippen molar-refractivity contribution in [3.8, 4) is 0 Å². The number of rotatable bonds is 5. The highest BCUT2D eigenvalue weighted by molar-refractivity contribution is 6.42. The number of esters is 1. The Morgan fingerprint density at radius 2 is 1.68 bits per heavy atom. The van der Waals surface area contributed by atoms with Crippen molar-refractivity contribution < 1.29 is 14.3 Å². The summed E-state index contributed by atoms with van der Waals surface area (Å²) >= 11 is 12.3. The second-order valence-corrected chi connectivity index (χ2v) is 10.1. The van der Waals surface area contributed by atoms with Crippen LogP contribution in [0.5, 0.6) is 0 Å². The number of carbonyl (C=O) groups excluding carboxylic acids is 2. The average Bonchev–Trinajstić information content (AvgIpc) is 2.94. The predicted molar refractivity (Wildman–Crippen MR) is 146 cm³/mol. The zero-order valence-corrected chi connectivity index (χ0v) is 22.2. The summed E-state index contributed by atoms with van der Waals surface area (Å²) in [5.41, 5.74) is 1.35. The number of anilines is 2. The summed E-state index contributed by atoms with van der Waals surface area (Å²) in [5, 5.41) is 11.7. The first-order valence-corrected chi connectivity index (χ1v) is 13.4. The minimum Gasteiger partial charge on any atom is -0.466 e. The molecule has 0 bridgehead atoms. The predicted octanol–water partition coefficient (Wildman–Crippen LogP) is 4.68. The largest absolute Gasteiger partial charge is 0.466 e. The van der Waals surface area contributed by atoms with Gasteiger partial charge in [0.05, 0.1) is 22.6 Å². The van der Waals surface area contributed by atoms with Crippen LogP contribution in [0.2, 0.25) is 10.0 Å². The number of benzene rings is 2. The van der Waals surface area contributed by atoms with Gasteiger partial charge in [-0.1, -0.05) is 47.5 Å². The number of ether oxygens (including phenoxy) is 1. The molecule has 8 nitrogen and oxygen atoms in total. The summed E-state index contributed by atoms with van der Waals surface area (Å²) in [5.74, 6) is 0.0203. The van der Waals surface area contributed by atoms with Crippen molar-refractivity contribution in [3.63, 3.8) is 0 Å². The van der Waals surface area contributed by atoms with Gasteiger partial charge in [0, 0.05) is 55.7 Å². The topological polar surface area (TPSA) is 78.9 Å². The Bertz CT molecular complexity index is 1310. The molecule has 2 fully saturated rings. The molecule has 10 heteroatoms. The zero-order valence-electron chi connectivity index (χ0n) is 20.7. The van der Waals surface area contributed by atoms with Crippen molar-refractivity contribution in [3.05, 3.63) is 58.2 Å². The summed E-state index contributed by atoms with van der Waals surface area (Å²) in [6, 6.07) is 13.4. The molecule has 1 amide bonds. The molecule has 0 radical (unpaired) electrons. The summed E-state index contributed by atoms with van der Waals surface area (Å²) in [4.78, 5) is 32.0. The monoisotopic (exact) mass is 541 g/mol. The maximum absolute atomic E-state index is 13.5. The Hall–Kier alpha value is -3.10. The van der Waals surface area contributed by atoms with Crippen LogP contribution in [0.15, 0.2) is 42.5 Å². The van der Waals surface area contributed by atoms with E-state index in [9.17, 15) is 9.59 Å². The molecule has 2 aliphatic rings. The zero-order chi connectivity index (χ0) is 25.9. The minimum atomic E-state index is -0.303. The van der Waals surface area contributed by atoms with Gasteiger partial charge in [-0.05, 0) is 38.0 Å². The summed E-state index contributed by atoms with van der Waals surface area (Å²) < 4.78 is 5.19. The van der Waals surface area contributed by atoms with Gasteiger partial charge in [-0.3, -0.25) is 9.59 Å². The molecule has 0 saturated carbocycles. The van der Waals surface area contributed by atoms with Gasteiger partial charge in [-0.2, -0.15) is 0 Å². The van der Waals surface area contributed by atoms with E-state index in [0.717, 1.165) is 61.3 Å². The van der Waals surface area contributed by atoms with E-state index in [-0.39, 0.29) is 17.8 Å². The molecule has 1 atom stereocenters. The molecule has 2 aliphatic heterocycles. The molecule has 2 saturated heterocycles. The van der Waals surface area contributed by atoms with Gasteiger partial charge in [0.15, 0.2) is 11.5 Å². The van der Waals surface area contributed by atoms with Crippen LogP contribution < -0.4 is 9.80 Å². The Kier molecular flexibility index (Phi) is 7.67. The van der Waals surface area contributed by atoms with Crippen LogP contribution in [0.4, 0.5) is 11.5 Å². The van der Waals surface area contributed by atoms with Crippen LogP contribution in [0.3, 0.4) is 0 Å². The van der Waals surface area contributed by atoms with E-state index in [0.29, 0.717) is 35.4 Å². The van der Waals surface area contributed by atoms with Crippen LogP contribution in [0.1, 0.15) is 30.3 Å². The number of nitrogens with zero attached hydrogens (tertiary/aromatic N) is 5. The third-order valence-corrected chi connectivity index (χ3v) is 7.79. The average molecular weight is 542 g/mol. The summed E-state index contributed by atoms with van der Waals surface area (Å²) in [6.07, 6.45) is 1.48. The highest BCUT2D eigenvalue weighted by Crippen LogP contribution is 2.31. The van der Waals surface area contributed by atoms with Crippen LogP contribution in [0, 0.1) is 5.92 Å². The smallest absolute Gasteiger partial charge is 0.310 e. The van der Waals surface area contributed by atoms with Gasteiger partial charge in [-0.15, -0.1) is 10.2 Å². The molecule has 37 heavy (non-hydrogen) atoms. The van der Waals surface area contributed by atoms with Crippen LogP contribution in [0.25, 0.3) is 10.8 Å². The van der Waals surface area contributed by atoms with Crippen molar-refractivity contribution in [2.24, 2.45) is 5.92 Å². The van der Waals surface area contributed by atoms with Gasteiger partial charge >= 0.3 is 5.97 Å². The number of amides is 1. The number of fused-ring (bicyclic) bond motifs is 1. The van der Waals surface area contributed by atoms with Crippen molar-refractivity contribution in [1.29, 1.82) is 0 Å². The Labute approximate surface area is 226 Å². The molecule has 194 valence electrons. The molecule has 0 spiro atoms. The van der Waals surface area contributed by atoms with Crippen LogP contribution >= 0.6 is 23.2 Å². The number of aromatic nitrogens is 2. The SMILES string of the molecule is CCOC(=O)[C@H]1CCCN(C(=O)c2nnc(N3CCN(c4ccc(Cl)c(Cl)c4)CC3)c3ccccc23)C1. The molecule has 5 rings (SSSR count). The second-order valence-electron chi connectivity index (χ2n) is 9.33. The maximum atomic E-state index is 13.5.